The number of alkyl halides is 3. The van der Waals surface area contributed by atoms with Crippen molar-refractivity contribution in [1.82, 2.24) is 19.8 Å². The minimum atomic E-state index is -4.59. The second-order valence-electron chi connectivity index (χ2n) is 8.46. The lowest BCUT2D eigenvalue weighted by molar-refractivity contribution is -0.144. The summed E-state index contributed by atoms with van der Waals surface area (Å²) in [7, 11) is 0. The fourth-order valence-electron chi connectivity index (χ4n) is 4.26. The SMILES string of the molecule is NC(CCCCN1CCN(c2nc(C(F)(F)F)nc3ccccc23)CC1)C(=O)N1CCSC1. The summed E-state index contributed by atoms with van der Waals surface area (Å²) in [6.07, 6.45) is -2.10. The van der Waals surface area contributed by atoms with Crippen LogP contribution in [0.4, 0.5) is 19.0 Å². The molecule has 3 heterocycles. The number of carbonyl (C=O) groups excluding carboxylic acids is 1. The quantitative estimate of drug-likeness (QED) is 0.608. The van der Waals surface area contributed by atoms with Gasteiger partial charge in [-0.3, -0.25) is 9.69 Å². The van der Waals surface area contributed by atoms with Gasteiger partial charge in [0.15, 0.2) is 0 Å². The summed E-state index contributed by atoms with van der Waals surface area (Å²) in [6, 6.07) is 6.39. The van der Waals surface area contributed by atoms with Gasteiger partial charge in [0.25, 0.3) is 0 Å². The smallest absolute Gasteiger partial charge is 0.353 e. The molecule has 2 aliphatic heterocycles. The van der Waals surface area contributed by atoms with Gasteiger partial charge >= 0.3 is 6.18 Å². The van der Waals surface area contributed by atoms with E-state index >= 15 is 0 Å². The number of amides is 1. The Kier molecular flexibility index (Phi) is 7.60. The van der Waals surface area contributed by atoms with E-state index in [9.17, 15) is 18.0 Å². The molecule has 0 radical (unpaired) electrons. The summed E-state index contributed by atoms with van der Waals surface area (Å²) in [5.74, 6) is 1.01. The van der Waals surface area contributed by atoms with Crippen LogP contribution in [0.5, 0.6) is 0 Å². The van der Waals surface area contributed by atoms with Gasteiger partial charge in [-0.1, -0.05) is 18.6 Å². The van der Waals surface area contributed by atoms with Crippen LogP contribution in [0.3, 0.4) is 0 Å². The van der Waals surface area contributed by atoms with Crippen molar-refractivity contribution >= 4 is 34.4 Å². The molecule has 1 amide bonds. The molecule has 0 saturated carbocycles. The van der Waals surface area contributed by atoms with Crippen LogP contribution in [0.15, 0.2) is 24.3 Å². The lowest BCUT2D eigenvalue weighted by Gasteiger charge is -2.36. The third-order valence-corrected chi connectivity index (χ3v) is 7.09. The number of halogens is 3. The zero-order chi connectivity index (χ0) is 23.4. The van der Waals surface area contributed by atoms with Crippen LogP contribution in [0.2, 0.25) is 0 Å². The maximum absolute atomic E-state index is 13.3. The second kappa shape index (κ2) is 10.4. The highest BCUT2D eigenvalue weighted by Crippen LogP contribution is 2.32. The number of thioether (sulfide) groups is 1. The molecular weight excluding hydrogens is 453 g/mol. The molecule has 180 valence electrons. The van der Waals surface area contributed by atoms with Crippen molar-refractivity contribution in [2.24, 2.45) is 5.73 Å². The average molecular weight is 483 g/mol. The van der Waals surface area contributed by atoms with Crippen LogP contribution in [0, 0.1) is 0 Å². The van der Waals surface area contributed by atoms with Crippen molar-refractivity contribution in [3.05, 3.63) is 30.1 Å². The molecule has 0 bridgehead atoms. The van der Waals surface area contributed by atoms with Crippen LogP contribution in [0.1, 0.15) is 25.1 Å². The number of para-hydroxylation sites is 1. The van der Waals surface area contributed by atoms with E-state index in [0.717, 1.165) is 50.7 Å². The van der Waals surface area contributed by atoms with Gasteiger partial charge in [0.1, 0.15) is 5.82 Å². The number of fused-ring (bicyclic) bond motifs is 1. The Morgan fingerprint density at radius 3 is 2.55 bits per heavy atom. The Labute approximate surface area is 195 Å². The molecule has 0 aliphatic carbocycles. The Bertz CT molecular complexity index is 961. The van der Waals surface area contributed by atoms with Crippen molar-refractivity contribution in [2.75, 3.05) is 55.8 Å². The number of piperazine rings is 1. The number of nitrogens with zero attached hydrogens (tertiary/aromatic N) is 5. The number of benzene rings is 1. The minimum absolute atomic E-state index is 0.0453. The number of nitrogens with two attached hydrogens (primary N) is 1. The molecule has 11 heteroatoms. The molecule has 2 saturated heterocycles. The summed E-state index contributed by atoms with van der Waals surface area (Å²) < 4.78 is 39.9. The van der Waals surface area contributed by atoms with Gasteiger partial charge in [-0.25, -0.2) is 9.97 Å². The Morgan fingerprint density at radius 1 is 1.09 bits per heavy atom. The molecule has 4 rings (SSSR count). The second-order valence-corrected chi connectivity index (χ2v) is 9.53. The molecule has 2 fully saturated rings. The normalized spacial score (nSPS) is 18.8. The number of anilines is 1. The summed E-state index contributed by atoms with van der Waals surface area (Å²) >= 11 is 1.75. The van der Waals surface area contributed by atoms with Gasteiger partial charge in [-0.2, -0.15) is 13.2 Å². The van der Waals surface area contributed by atoms with Crippen LogP contribution in [-0.4, -0.2) is 82.6 Å². The Balaban J connectivity index is 1.28. The van der Waals surface area contributed by atoms with Gasteiger partial charge in [0, 0.05) is 43.9 Å². The fraction of sp³-hybridized carbons (Fsp3) is 0.591. The lowest BCUT2D eigenvalue weighted by Crippen LogP contribution is -2.47. The molecular formula is C22H29F3N6OS. The first-order valence-corrected chi connectivity index (χ1v) is 12.4. The van der Waals surface area contributed by atoms with E-state index in [0.29, 0.717) is 36.2 Å². The molecule has 1 atom stereocenters. The third kappa shape index (κ3) is 5.88. The number of hydrogen-bond donors (Lipinski definition) is 1. The standard InChI is InChI=1S/C22H29F3N6OS/c23-22(24,25)21-27-18-7-2-1-5-16(18)19(28-21)30-11-9-29(10-12-30)8-4-3-6-17(26)20(32)31-13-14-33-15-31/h1-2,5,7,17H,3-4,6,8-15,26H2. The van der Waals surface area contributed by atoms with Crippen LogP contribution >= 0.6 is 11.8 Å². The van der Waals surface area contributed by atoms with Crippen LogP contribution in [0.25, 0.3) is 10.9 Å². The molecule has 1 aromatic heterocycles. The Morgan fingerprint density at radius 2 is 1.85 bits per heavy atom. The predicted octanol–water partition coefficient (Wildman–Crippen LogP) is 2.80. The van der Waals surface area contributed by atoms with E-state index in [1.54, 1.807) is 36.0 Å². The first kappa shape index (κ1) is 24.0. The zero-order valence-corrected chi connectivity index (χ0v) is 19.2. The molecule has 2 aliphatic rings. The van der Waals surface area contributed by atoms with E-state index in [1.165, 1.54) is 0 Å². The number of aromatic nitrogens is 2. The maximum atomic E-state index is 13.3. The molecule has 2 N–H and O–H groups in total. The first-order chi connectivity index (χ1) is 15.8. The number of rotatable bonds is 7. The van der Waals surface area contributed by atoms with Gasteiger partial charge in [0.2, 0.25) is 11.7 Å². The topological polar surface area (TPSA) is 78.6 Å². The summed E-state index contributed by atoms with van der Waals surface area (Å²) in [4.78, 5) is 25.9. The van der Waals surface area contributed by atoms with Gasteiger partial charge in [-0.15, -0.1) is 11.8 Å². The van der Waals surface area contributed by atoms with Crippen LogP contribution in [-0.2, 0) is 11.0 Å². The van der Waals surface area contributed by atoms with Crippen molar-refractivity contribution in [1.29, 1.82) is 0 Å². The first-order valence-electron chi connectivity index (χ1n) is 11.3. The van der Waals surface area contributed by atoms with Crippen molar-refractivity contribution < 1.29 is 18.0 Å². The third-order valence-electron chi connectivity index (χ3n) is 6.13. The largest absolute Gasteiger partial charge is 0.451 e. The van der Waals surface area contributed by atoms with Gasteiger partial charge in [-0.05, 0) is 31.5 Å². The lowest BCUT2D eigenvalue weighted by atomic mass is 10.1. The monoisotopic (exact) mass is 482 g/mol. The highest BCUT2D eigenvalue weighted by Gasteiger charge is 2.36. The number of unbranched alkanes of at least 4 members (excludes halogenated alkanes) is 1. The molecule has 1 aromatic carbocycles. The molecule has 33 heavy (non-hydrogen) atoms. The van der Waals surface area contributed by atoms with Crippen molar-refractivity contribution in [2.45, 2.75) is 31.5 Å². The van der Waals surface area contributed by atoms with Crippen molar-refractivity contribution in [3.63, 3.8) is 0 Å². The van der Waals surface area contributed by atoms with Gasteiger partial charge in [0.05, 0.1) is 17.4 Å². The average Bonchev–Trinajstić information content (AvgIpc) is 3.35. The van der Waals surface area contributed by atoms with Crippen LogP contribution < -0.4 is 10.6 Å². The molecule has 7 nitrogen and oxygen atoms in total. The van der Waals surface area contributed by atoms with E-state index in [1.807, 2.05) is 9.80 Å². The maximum Gasteiger partial charge on any atom is 0.451 e. The number of carbonyl (C=O) groups is 1. The van der Waals surface area contributed by atoms with E-state index in [-0.39, 0.29) is 5.91 Å². The highest BCUT2D eigenvalue weighted by molar-refractivity contribution is 7.99. The Hall–Kier alpha value is -2.11. The minimum Gasteiger partial charge on any atom is -0.353 e. The molecule has 1 unspecified atom stereocenters. The fourth-order valence-corrected chi connectivity index (χ4v) is 5.21. The van der Waals surface area contributed by atoms with E-state index in [2.05, 4.69) is 14.9 Å². The zero-order valence-electron chi connectivity index (χ0n) is 18.4. The van der Waals surface area contributed by atoms with Gasteiger partial charge < -0.3 is 15.5 Å². The number of hydrogen-bond acceptors (Lipinski definition) is 7. The summed E-state index contributed by atoms with van der Waals surface area (Å²) in [5, 5.41) is 0.633. The predicted molar refractivity (Wildman–Crippen MR) is 124 cm³/mol. The van der Waals surface area contributed by atoms with E-state index in [4.69, 9.17) is 5.73 Å². The highest BCUT2D eigenvalue weighted by atomic mass is 32.2. The summed E-state index contributed by atoms with van der Waals surface area (Å²) in [5.41, 5.74) is 6.38. The molecule has 2 aromatic rings. The van der Waals surface area contributed by atoms with Crippen molar-refractivity contribution in [3.8, 4) is 0 Å². The molecule has 0 spiro atoms. The van der Waals surface area contributed by atoms with E-state index < -0.39 is 18.0 Å². The summed E-state index contributed by atoms with van der Waals surface area (Å²) in [6.45, 7) is 4.36.